The lowest BCUT2D eigenvalue weighted by Gasteiger charge is -2.09. The van der Waals surface area contributed by atoms with Crippen LogP contribution in [0.3, 0.4) is 0 Å². The molecule has 0 heterocycles. The molecule has 0 atom stereocenters. The topological polar surface area (TPSA) is 71.7 Å². The van der Waals surface area contributed by atoms with Crippen molar-refractivity contribution in [3.63, 3.8) is 0 Å². The zero-order valence-corrected chi connectivity index (χ0v) is 13.3. The SMILES string of the molecule is COc1ccc(NC(=S)N/N=C(/C)c2cccc(N)c2)cc1. The Balaban J connectivity index is 1.95. The van der Waals surface area contributed by atoms with Gasteiger partial charge in [0.1, 0.15) is 5.75 Å². The number of nitrogens with one attached hydrogen (secondary N) is 2. The van der Waals surface area contributed by atoms with Crippen LogP contribution < -0.4 is 21.2 Å². The highest BCUT2D eigenvalue weighted by atomic mass is 32.1. The molecule has 0 radical (unpaired) electrons. The van der Waals surface area contributed by atoms with Gasteiger partial charge in [0.2, 0.25) is 0 Å². The Kier molecular flexibility index (Phi) is 5.32. The second-order valence-electron chi connectivity index (χ2n) is 4.62. The predicted octanol–water partition coefficient (Wildman–Crippen LogP) is 2.99. The Labute approximate surface area is 135 Å². The van der Waals surface area contributed by atoms with E-state index >= 15 is 0 Å². The molecule has 0 spiro atoms. The molecule has 0 aromatic heterocycles. The van der Waals surface area contributed by atoms with Crippen molar-refractivity contribution in [1.82, 2.24) is 5.43 Å². The summed E-state index contributed by atoms with van der Waals surface area (Å²) >= 11 is 5.21. The number of thiocarbonyl (C=S) groups is 1. The lowest BCUT2D eigenvalue weighted by atomic mass is 10.1. The van der Waals surface area contributed by atoms with Gasteiger partial charge in [-0.05, 0) is 61.1 Å². The van der Waals surface area contributed by atoms with Gasteiger partial charge in [0.15, 0.2) is 5.11 Å². The van der Waals surface area contributed by atoms with Crippen LogP contribution in [0.25, 0.3) is 0 Å². The van der Waals surface area contributed by atoms with Crippen molar-refractivity contribution in [2.75, 3.05) is 18.2 Å². The number of nitrogens with two attached hydrogens (primary N) is 1. The van der Waals surface area contributed by atoms with E-state index in [9.17, 15) is 0 Å². The van der Waals surface area contributed by atoms with Crippen LogP contribution in [0.1, 0.15) is 12.5 Å². The van der Waals surface area contributed by atoms with E-state index in [0.29, 0.717) is 10.8 Å². The predicted molar refractivity (Wildman–Crippen MR) is 95.4 cm³/mol. The molecule has 22 heavy (non-hydrogen) atoms. The Morgan fingerprint density at radius 3 is 2.55 bits per heavy atom. The van der Waals surface area contributed by atoms with Crippen molar-refractivity contribution >= 4 is 34.4 Å². The number of benzene rings is 2. The summed E-state index contributed by atoms with van der Waals surface area (Å²) in [6.07, 6.45) is 0. The van der Waals surface area contributed by atoms with E-state index in [2.05, 4.69) is 15.8 Å². The van der Waals surface area contributed by atoms with Gasteiger partial charge in [0.05, 0.1) is 12.8 Å². The fraction of sp³-hybridized carbons (Fsp3) is 0.125. The zero-order chi connectivity index (χ0) is 15.9. The van der Waals surface area contributed by atoms with Gasteiger partial charge in [-0.1, -0.05) is 12.1 Å². The van der Waals surface area contributed by atoms with Crippen LogP contribution in [0.5, 0.6) is 5.75 Å². The van der Waals surface area contributed by atoms with Crippen LogP contribution in [0.15, 0.2) is 53.6 Å². The highest BCUT2D eigenvalue weighted by molar-refractivity contribution is 7.80. The van der Waals surface area contributed by atoms with Crippen molar-refractivity contribution in [3.8, 4) is 5.75 Å². The third-order valence-electron chi connectivity index (χ3n) is 2.98. The Hall–Kier alpha value is -2.60. The normalized spacial score (nSPS) is 10.9. The minimum Gasteiger partial charge on any atom is -0.497 e. The maximum Gasteiger partial charge on any atom is 0.191 e. The summed E-state index contributed by atoms with van der Waals surface area (Å²) in [7, 11) is 1.63. The maximum atomic E-state index is 5.75. The van der Waals surface area contributed by atoms with E-state index in [-0.39, 0.29) is 0 Å². The zero-order valence-electron chi connectivity index (χ0n) is 12.5. The van der Waals surface area contributed by atoms with E-state index in [4.69, 9.17) is 22.7 Å². The van der Waals surface area contributed by atoms with Crippen LogP contribution in [0, 0.1) is 0 Å². The van der Waals surface area contributed by atoms with E-state index in [1.54, 1.807) is 7.11 Å². The minimum absolute atomic E-state index is 0.411. The van der Waals surface area contributed by atoms with Gasteiger partial charge >= 0.3 is 0 Å². The first kappa shape index (κ1) is 15.8. The third kappa shape index (κ3) is 4.46. The summed E-state index contributed by atoms with van der Waals surface area (Å²) in [6, 6.07) is 15.0. The van der Waals surface area contributed by atoms with Gasteiger partial charge in [-0.15, -0.1) is 0 Å². The first-order valence-corrected chi connectivity index (χ1v) is 7.10. The first-order chi connectivity index (χ1) is 10.6. The number of rotatable bonds is 4. The monoisotopic (exact) mass is 314 g/mol. The molecule has 0 bridgehead atoms. The second-order valence-corrected chi connectivity index (χ2v) is 5.03. The lowest BCUT2D eigenvalue weighted by molar-refractivity contribution is 0.415. The molecule has 0 aliphatic heterocycles. The molecule has 0 fully saturated rings. The largest absolute Gasteiger partial charge is 0.497 e. The molecule has 0 saturated carbocycles. The number of anilines is 2. The number of nitrogen functional groups attached to an aromatic ring is 1. The Bertz CT molecular complexity index is 683. The average Bonchev–Trinajstić information content (AvgIpc) is 2.53. The van der Waals surface area contributed by atoms with Crippen molar-refractivity contribution in [2.24, 2.45) is 5.10 Å². The first-order valence-electron chi connectivity index (χ1n) is 6.70. The molecule has 4 N–H and O–H groups in total. The standard InChI is InChI=1S/C16H18N4OS/c1-11(12-4-3-5-13(17)10-12)19-20-16(22)18-14-6-8-15(21-2)9-7-14/h3-10H,17H2,1-2H3,(H2,18,20,22)/b19-11-. The van der Waals surface area contributed by atoms with Crippen molar-refractivity contribution in [3.05, 3.63) is 54.1 Å². The van der Waals surface area contributed by atoms with Gasteiger partial charge in [0, 0.05) is 11.4 Å². The fourth-order valence-corrected chi connectivity index (χ4v) is 1.96. The van der Waals surface area contributed by atoms with Gasteiger partial charge < -0.3 is 15.8 Å². The van der Waals surface area contributed by atoms with Gasteiger partial charge in [-0.2, -0.15) is 5.10 Å². The van der Waals surface area contributed by atoms with Crippen molar-refractivity contribution in [2.45, 2.75) is 6.92 Å². The smallest absolute Gasteiger partial charge is 0.191 e. The molecule has 0 aliphatic carbocycles. The molecule has 2 aromatic carbocycles. The lowest BCUT2D eigenvalue weighted by Crippen LogP contribution is -2.24. The van der Waals surface area contributed by atoms with Gasteiger partial charge in [-0.3, -0.25) is 5.43 Å². The maximum absolute atomic E-state index is 5.75. The van der Waals surface area contributed by atoms with E-state index in [1.165, 1.54) is 0 Å². The molecule has 0 amide bonds. The highest BCUT2D eigenvalue weighted by Crippen LogP contribution is 2.14. The molecule has 0 aliphatic rings. The summed E-state index contributed by atoms with van der Waals surface area (Å²) < 4.78 is 5.10. The van der Waals surface area contributed by atoms with Crippen molar-refractivity contribution in [1.29, 1.82) is 0 Å². The number of hydrogen-bond acceptors (Lipinski definition) is 4. The summed E-state index contributed by atoms with van der Waals surface area (Å²) in [5.74, 6) is 0.792. The summed E-state index contributed by atoms with van der Waals surface area (Å²) in [6.45, 7) is 1.89. The summed E-state index contributed by atoms with van der Waals surface area (Å²) in [5.41, 5.74) is 11.9. The van der Waals surface area contributed by atoms with Crippen LogP contribution in [-0.2, 0) is 0 Å². The van der Waals surface area contributed by atoms with Crippen LogP contribution >= 0.6 is 12.2 Å². The number of hydrazone groups is 1. The van der Waals surface area contributed by atoms with Crippen LogP contribution in [-0.4, -0.2) is 17.9 Å². The molecular formula is C16H18N4OS. The second kappa shape index (κ2) is 7.42. The molecule has 0 saturated heterocycles. The van der Waals surface area contributed by atoms with Gasteiger partial charge in [0.25, 0.3) is 0 Å². The molecular weight excluding hydrogens is 296 g/mol. The average molecular weight is 314 g/mol. The quantitative estimate of drug-likeness (QED) is 0.350. The van der Waals surface area contributed by atoms with E-state index < -0.39 is 0 Å². The Morgan fingerprint density at radius 1 is 1.18 bits per heavy atom. The molecule has 6 heteroatoms. The molecule has 5 nitrogen and oxygen atoms in total. The molecule has 2 aromatic rings. The van der Waals surface area contributed by atoms with E-state index in [0.717, 1.165) is 22.7 Å². The highest BCUT2D eigenvalue weighted by Gasteiger charge is 2.00. The summed E-state index contributed by atoms with van der Waals surface area (Å²) in [4.78, 5) is 0. The van der Waals surface area contributed by atoms with E-state index in [1.807, 2.05) is 55.5 Å². The molecule has 114 valence electrons. The number of methoxy groups -OCH3 is 1. The Morgan fingerprint density at radius 2 is 1.91 bits per heavy atom. The minimum atomic E-state index is 0.411. The van der Waals surface area contributed by atoms with Crippen LogP contribution in [0.4, 0.5) is 11.4 Å². The number of nitrogens with zero attached hydrogens (tertiary/aromatic N) is 1. The number of ether oxygens (including phenoxy) is 1. The van der Waals surface area contributed by atoms with Crippen molar-refractivity contribution < 1.29 is 4.74 Å². The third-order valence-corrected chi connectivity index (χ3v) is 3.17. The summed E-state index contributed by atoms with van der Waals surface area (Å²) in [5, 5.41) is 7.70. The fourth-order valence-electron chi connectivity index (χ4n) is 1.80. The molecule has 2 rings (SSSR count). The molecule has 0 unspecified atom stereocenters. The number of hydrogen-bond donors (Lipinski definition) is 3. The van der Waals surface area contributed by atoms with Gasteiger partial charge in [-0.25, -0.2) is 0 Å². The van der Waals surface area contributed by atoms with Crippen LogP contribution in [0.2, 0.25) is 0 Å².